The largest absolute Gasteiger partial charge is 0.383 e. The Morgan fingerprint density at radius 2 is 2.22 bits per heavy atom. The van der Waals surface area contributed by atoms with Crippen molar-refractivity contribution in [3.8, 4) is 11.4 Å². The molecule has 3 N–H and O–H groups in total. The Kier molecular flexibility index (Phi) is 6.52. The lowest BCUT2D eigenvalue weighted by Crippen LogP contribution is -2.28. The molecule has 0 radical (unpaired) electrons. The van der Waals surface area contributed by atoms with Gasteiger partial charge < -0.3 is 15.9 Å². The van der Waals surface area contributed by atoms with Crippen molar-refractivity contribution in [1.82, 2.24) is 20.2 Å². The summed E-state index contributed by atoms with van der Waals surface area (Å²) in [5.74, 6) is 6.38. The van der Waals surface area contributed by atoms with Crippen molar-refractivity contribution in [1.29, 1.82) is 0 Å². The molecular formula is C13H15Cl2N5O2S. The van der Waals surface area contributed by atoms with Crippen molar-refractivity contribution in [2.45, 2.75) is 5.16 Å². The summed E-state index contributed by atoms with van der Waals surface area (Å²) in [7, 11) is 1.57. The monoisotopic (exact) mass is 375 g/mol. The fraction of sp³-hybridized carbons (Fsp3) is 0.308. The molecule has 0 saturated heterocycles. The maximum atomic E-state index is 11.7. The number of nitrogens with two attached hydrogens (primary N) is 1. The summed E-state index contributed by atoms with van der Waals surface area (Å²) in [5, 5.41) is 12.1. The molecule has 1 aromatic carbocycles. The molecule has 124 valence electrons. The number of carbonyl (C=O) groups is 1. The highest BCUT2D eigenvalue weighted by atomic mass is 35.5. The second kappa shape index (κ2) is 8.39. The van der Waals surface area contributed by atoms with Gasteiger partial charge in [0.15, 0.2) is 5.82 Å². The highest BCUT2D eigenvalue weighted by Gasteiger charge is 2.16. The molecule has 23 heavy (non-hydrogen) atoms. The van der Waals surface area contributed by atoms with Crippen molar-refractivity contribution in [2.75, 3.05) is 31.9 Å². The number of methoxy groups -OCH3 is 1. The summed E-state index contributed by atoms with van der Waals surface area (Å²) in [6.07, 6.45) is 0. The molecule has 0 saturated carbocycles. The number of nitrogens with one attached hydrogen (secondary N) is 1. The number of rotatable bonds is 7. The molecule has 2 aromatic rings. The van der Waals surface area contributed by atoms with Gasteiger partial charge in [-0.3, -0.25) is 4.79 Å². The predicted molar refractivity (Wildman–Crippen MR) is 91.2 cm³/mol. The summed E-state index contributed by atoms with van der Waals surface area (Å²) < 4.78 is 6.14. The van der Waals surface area contributed by atoms with Crippen LogP contribution in [0.1, 0.15) is 0 Å². The molecule has 1 aromatic heterocycles. The molecule has 0 spiro atoms. The van der Waals surface area contributed by atoms with Gasteiger partial charge in [-0.15, -0.1) is 10.2 Å². The van der Waals surface area contributed by atoms with Crippen LogP contribution in [0.25, 0.3) is 11.4 Å². The summed E-state index contributed by atoms with van der Waals surface area (Å²) in [4.78, 5) is 11.7. The third kappa shape index (κ3) is 4.74. The van der Waals surface area contributed by atoms with E-state index >= 15 is 0 Å². The van der Waals surface area contributed by atoms with Gasteiger partial charge >= 0.3 is 0 Å². The molecule has 7 nitrogen and oxygen atoms in total. The summed E-state index contributed by atoms with van der Waals surface area (Å²) in [6.45, 7) is 0.912. The summed E-state index contributed by atoms with van der Waals surface area (Å²) in [5.41, 5.74) is 0.575. The number of thioether (sulfide) groups is 1. The fourth-order valence-corrected chi connectivity index (χ4v) is 2.76. The number of carbonyl (C=O) groups excluding carboxylic acids is 1. The van der Waals surface area contributed by atoms with Gasteiger partial charge in [0.2, 0.25) is 11.1 Å². The van der Waals surface area contributed by atoms with Gasteiger partial charge in [-0.2, -0.15) is 0 Å². The molecule has 0 aliphatic heterocycles. The molecule has 1 amide bonds. The predicted octanol–water partition coefficient (Wildman–Crippen LogP) is 1.82. The van der Waals surface area contributed by atoms with Gasteiger partial charge in [0.25, 0.3) is 0 Å². The van der Waals surface area contributed by atoms with Crippen LogP contribution in [-0.4, -0.2) is 46.8 Å². The minimum Gasteiger partial charge on any atom is -0.383 e. The Hall–Kier alpha value is -1.48. The average Bonchev–Trinajstić information content (AvgIpc) is 2.89. The van der Waals surface area contributed by atoms with Crippen molar-refractivity contribution in [3.63, 3.8) is 0 Å². The first-order valence-corrected chi connectivity index (χ1v) is 8.31. The van der Waals surface area contributed by atoms with Gasteiger partial charge in [-0.1, -0.05) is 35.0 Å². The van der Waals surface area contributed by atoms with E-state index in [9.17, 15) is 4.79 Å². The van der Waals surface area contributed by atoms with Crippen LogP contribution in [0.4, 0.5) is 0 Å². The number of amides is 1. The molecular weight excluding hydrogens is 361 g/mol. The van der Waals surface area contributed by atoms with E-state index in [-0.39, 0.29) is 11.7 Å². The van der Waals surface area contributed by atoms with Crippen molar-refractivity contribution in [3.05, 3.63) is 28.2 Å². The minimum atomic E-state index is -0.141. The van der Waals surface area contributed by atoms with Crippen molar-refractivity contribution in [2.24, 2.45) is 0 Å². The van der Waals surface area contributed by atoms with Gasteiger partial charge in [0, 0.05) is 24.2 Å². The molecule has 0 atom stereocenters. The number of halogens is 2. The number of aromatic nitrogens is 3. The van der Waals surface area contributed by atoms with Crippen LogP contribution in [-0.2, 0) is 9.53 Å². The Morgan fingerprint density at radius 3 is 2.96 bits per heavy atom. The second-order valence-electron chi connectivity index (χ2n) is 4.43. The van der Waals surface area contributed by atoms with Gasteiger partial charge in [-0.25, -0.2) is 4.68 Å². The molecule has 2 rings (SSSR count). The molecule has 10 heteroatoms. The van der Waals surface area contributed by atoms with E-state index in [1.165, 1.54) is 16.4 Å². The highest BCUT2D eigenvalue weighted by Crippen LogP contribution is 2.30. The SMILES string of the molecule is COCCNC(=O)CSc1nnc(-c2cc(Cl)ccc2Cl)n1N. The number of nitrogen functional groups attached to an aromatic ring is 1. The molecule has 0 aliphatic carbocycles. The molecule has 0 bridgehead atoms. The minimum absolute atomic E-state index is 0.141. The van der Waals surface area contributed by atoms with E-state index in [2.05, 4.69) is 15.5 Å². The summed E-state index contributed by atoms with van der Waals surface area (Å²) >= 11 is 13.3. The topological polar surface area (TPSA) is 95.1 Å². The highest BCUT2D eigenvalue weighted by molar-refractivity contribution is 7.99. The standard InChI is InChI=1S/C13H15Cl2N5O2S/c1-22-5-4-17-11(21)7-23-13-19-18-12(20(13)16)9-6-8(14)2-3-10(9)15/h2-3,6H,4-5,7,16H2,1H3,(H,17,21). The van der Waals surface area contributed by atoms with E-state index in [1.54, 1.807) is 25.3 Å². The third-order valence-corrected chi connectivity index (χ3v) is 4.30. The normalized spacial score (nSPS) is 10.7. The Bertz CT molecular complexity index is 695. The Balaban J connectivity index is 2.05. The van der Waals surface area contributed by atoms with Crippen LogP contribution in [0.3, 0.4) is 0 Å². The van der Waals surface area contributed by atoms with Crippen LogP contribution in [0, 0.1) is 0 Å². The zero-order valence-corrected chi connectivity index (χ0v) is 14.6. The van der Waals surface area contributed by atoms with Crippen LogP contribution < -0.4 is 11.2 Å². The Labute approximate surface area is 147 Å². The maximum Gasteiger partial charge on any atom is 0.230 e. The Morgan fingerprint density at radius 1 is 1.43 bits per heavy atom. The van der Waals surface area contributed by atoms with Gasteiger partial charge in [-0.05, 0) is 18.2 Å². The van der Waals surface area contributed by atoms with E-state index < -0.39 is 0 Å². The zero-order chi connectivity index (χ0) is 16.8. The fourth-order valence-electron chi connectivity index (χ4n) is 1.70. The smallest absolute Gasteiger partial charge is 0.230 e. The first-order valence-electron chi connectivity index (χ1n) is 6.57. The molecule has 0 unspecified atom stereocenters. The van der Waals surface area contributed by atoms with Crippen molar-refractivity contribution >= 4 is 40.9 Å². The lowest BCUT2D eigenvalue weighted by molar-refractivity contribution is -0.118. The van der Waals surface area contributed by atoms with E-state index in [4.69, 9.17) is 33.8 Å². The number of ether oxygens (including phenoxy) is 1. The van der Waals surface area contributed by atoms with Crippen LogP contribution in [0.5, 0.6) is 0 Å². The van der Waals surface area contributed by atoms with E-state index in [1.807, 2.05) is 0 Å². The first kappa shape index (κ1) is 17.9. The number of benzene rings is 1. The lowest BCUT2D eigenvalue weighted by Gasteiger charge is -2.06. The average molecular weight is 376 g/mol. The van der Waals surface area contributed by atoms with Gasteiger partial charge in [0.1, 0.15) is 0 Å². The summed E-state index contributed by atoms with van der Waals surface area (Å²) in [6, 6.07) is 4.98. The molecule has 1 heterocycles. The quantitative estimate of drug-likeness (QED) is 0.435. The third-order valence-electron chi connectivity index (χ3n) is 2.79. The number of hydrogen-bond donors (Lipinski definition) is 2. The van der Waals surface area contributed by atoms with Crippen LogP contribution in [0.2, 0.25) is 10.0 Å². The van der Waals surface area contributed by atoms with Gasteiger partial charge in [0.05, 0.1) is 17.4 Å². The number of nitrogens with zero attached hydrogens (tertiary/aromatic N) is 3. The van der Waals surface area contributed by atoms with Crippen LogP contribution in [0.15, 0.2) is 23.4 Å². The molecule has 0 fully saturated rings. The van der Waals surface area contributed by atoms with Crippen LogP contribution >= 0.6 is 35.0 Å². The van der Waals surface area contributed by atoms with Crippen molar-refractivity contribution < 1.29 is 9.53 Å². The van der Waals surface area contributed by atoms with E-state index in [0.717, 1.165) is 0 Å². The molecule has 0 aliphatic rings. The maximum absolute atomic E-state index is 11.7. The van der Waals surface area contributed by atoms with E-state index in [0.29, 0.717) is 39.7 Å². The first-order chi connectivity index (χ1) is 11.0. The lowest BCUT2D eigenvalue weighted by atomic mass is 10.2. The second-order valence-corrected chi connectivity index (χ2v) is 6.22. The number of hydrogen-bond acceptors (Lipinski definition) is 6. The zero-order valence-electron chi connectivity index (χ0n) is 12.3.